The number of hydroxylamine groups is 2. The number of nitrogens with zero attached hydrogens (tertiary/aromatic N) is 2. The summed E-state index contributed by atoms with van der Waals surface area (Å²) in [5.74, 6) is -1.99. The van der Waals surface area contributed by atoms with Crippen LogP contribution in [-0.4, -0.2) is 40.5 Å². The Labute approximate surface area is 252 Å². The van der Waals surface area contributed by atoms with E-state index >= 15 is 0 Å². The Morgan fingerprint density at radius 1 is 0.814 bits per heavy atom. The molecule has 4 aromatic carbocycles. The SMILES string of the molecule is C[C@]1(c2ccccc2)OC[C@@H]2C[C@@H](N(Cc3ccccc3)OCc3ccccc3)[C@H](C(=O)OCc3ccccc3)C(=O)N21. The first kappa shape index (κ1) is 28.8. The van der Waals surface area contributed by atoms with Crippen molar-refractivity contribution < 1.29 is 23.9 Å². The van der Waals surface area contributed by atoms with E-state index in [1.54, 1.807) is 4.90 Å². The smallest absolute Gasteiger partial charge is 0.320 e. The minimum Gasteiger partial charge on any atom is -0.460 e. The summed E-state index contributed by atoms with van der Waals surface area (Å²) in [6.45, 7) is 3.04. The Balaban J connectivity index is 1.34. The fourth-order valence-electron chi connectivity index (χ4n) is 6.13. The lowest BCUT2D eigenvalue weighted by Gasteiger charge is -2.46. The molecule has 0 aliphatic carbocycles. The van der Waals surface area contributed by atoms with Crippen LogP contribution in [0.4, 0.5) is 0 Å². The average Bonchev–Trinajstić information content (AvgIpc) is 3.41. The van der Waals surface area contributed by atoms with Gasteiger partial charge in [-0.3, -0.25) is 14.4 Å². The van der Waals surface area contributed by atoms with E-state index in [0.717, 1.165) is 22.3 Å². The monoisotopic (exact) mass is 576 g/mol. The van der Waals surface area contributed by atoms with Gasteiger partial charge in [-0.15, -0.1) is 0 Å². The summed E-state index contributed by atoms with van der Waals surface area (Å²) >= 11 is 0. The number of carbonyl (C=O) groups excluding carboxylic acids is 2. The normalized spacial score (nSPS) is 23.3. The van der Waals surface area contributed by atoms with E-state index in [1.165, 1.54) is 0 Å². The standard InChI is InChI=1S/C36H36N2O5/c1-36(30-20-12-5-13-21-30)38-31(26-42-36)22-32(33(34(38)39)35(40)41-24-28-16-8-3-9-17-28)37(23-27-14-6-2-7-15-27)43-25-29-18-10-4-11-19-29/h2-21,31-33H,22-26H2,1H3/t31-,32+,33-,36+/m0/s1. The summed E-state index contributed by atoms with van der Waals surface area (Å²) in [6.07, 6.45) is 0.487. The third-order valence-electron chi connectivity index (χ3n) is 8.36. The van der Waals surface area contributed by atoms with Gasteiger partial charge in [-0.25, -0.2) is 0 Å². The van der Waals surface area contributed by atoms with Crippen molar-refractivity contribution in [1.82, 2.24) is 9.96 Å². The zero-order chi connectivity index (χ0) is 29.6. The first-order valence-corrected chi connectivity index (χ1v) is 14.7. The van der Waals surface area contributed by atoms with E-state index in [0.29, 0.717) is 26.2 Å². The van der Waals surface area contributed by atoms with E-state index in [-0.39, 0.29) is 18.6 Å². The van der Waals surface area contributed by atoms with Crippen LogP contribution in [0.2, 0.25) is 0 Å². The van der Waals surface area contributed by atoms with E-state index in [1.807, 2.05) is 133 Å². The summed E-state index contributed by atoms with van der Waals surface area (Å²) in [6, 6.07) is 38.2. The van der Waals surface area contributed by atoms with Gasteiger partial charge in [-0.2, -0.15) is 5.06 Å². The first-order chi connectivity index (χ1) is 21.0. The molecule has 2 saturated heterocycles. The molecule has 0 unspecified atom stereocenters. The van der Waals surface area contributed by atoms with E-state index in [2.05, 4.69) is 0 Å². The number of carbonyl (C=O) groups is 2. The Morgan fingerprint density at radius 2 is 1.35 bits per heavy atom. The van der Waals surface area contributed by atoms with Gasteiger partial charge in [0.15, 0.2) is 11.6 Å². The van der Waals surface area contributed by atoms with Crippen LogP contribution in [0.25, 0.3) is 0 Å². The second-order valence-electron chi connectivity index (χ2n) is 11.2. The number of ether oxygens (including phenoxy) is 2. The maximum Gasteiger partial charge on any atom is 0.320 e. The van der Waals surface area contributed by atoms with E-state index in [9.17, 15) is 9.59 Å². The number of amides is 1. The zero-order valence-corrected chi connectivity index (χ0v) is 24.3. The summed E-state index contributed by atoms with van der Waals surface area (Å²) < 4.78 is 12.2. The van der Waals surface area contributed by atoms with Crippen molar-refractivity contribution in [1.29, 1.82) is 0 Å². The molecule has 2 aliphatic heterocycles. The third kappa shape index (κ3) is 6.25. The van der Waals surface area contributed by atoms with Crippen molar-refractivity contribution in [2.45, 2.75) is 50.9 Å². The lowest BCUT2D eigenvalue weighted by atomic mass is 9.85. The summed E-state index contributed by atoms with van der Waals surface area (Å²) in [5.41, 5.74) is 2.73. The van der Waals surface area contributed by atoms with Gasteiger partial charge >= 0.3 is 5.97 Å². The molecule has 220 valence electrons. The largest absolute Gasteiger partial charge is 0.460 e. The number of hydrogen-bond donors (Lipinski definition) is 0. The van der Waals surface area contributed by atoms with Crippen molar-refractivity contribution in [3.8, 4) is 0 Å². The maximum absolute atomic E-state index is 14.6. The van der Waals surface area contributed by atoms with Crippen LogP contribution in [0, 0.1) is 5.92 Å². The van der Waals surface area contributed by atoms with Crippen LogP contribution in [0.3, 0.4) is 0 Å². The van der Waals surface area contributed by atoms with E-state index in [4.69, 9.17) is 14.3 Å². The molecule has 6 rings (SSSR count). The highest BCUT2D eigenvalue weighted by Crippen LogP contribution is 2.44. The first-order valence-electron chi connectivity index (χ1n) is 14.7. The minimum absolute atomic E-state index is 0.0790. The van der Waals surface area contributed by atoms with Gasteiger partial charge in [-0.1, -0.05) is 121 Å². The van der Waals surface area contributed by atoms with Crippen molar-refractivity contribution >= 4 is 11.9 Å². The molecule has 2 aliphatic rings. The highest BCUT2D eigenvalue weighted by Gasteiger charge is 2.58. The molecule has 7 nitrogen and oxygen atoms in total. The molecule has 2 fully saturated rings. The number of fused-ring (bicyclic) bond motifs is 1. The van der Waals surface area contributed by atoms with Crippen LogP contribution in [-0.2, 0) is 49.4 Å². The molecule has 2 heterocycles. The number of piperidine rings is 1. The number of rotatable bonds is 10. The number of esters is 1. The Bertz CT molecular complexity index is 1500. The molecule has 1 amide bonds. The van der Waals surface area contributed by atoms with E-state index < -0.39 is 23.7 Å². The van der Waals surface area contributed by atoms with Gasteiger partial charge < -0.3 is 14.4 Å². The average molecular weight is 577 g/mol. The van der Waals surface area contributed by atoms with Crippen molar-refractivity contribution in [2.24, 2.45) is 5.92 Å². The Kier molecular flexibility index (Phi) is 8.65. The van der Waals surface area contributed by atoms with Crippen LogP contribution < -0.4 is 0 Å². The van der Waals surface area contributed by atoms with Gasteiger partial charge in [0, 0.05) is 12.1 Å². The molecule has 43 heavy (non-hydrogen) atoms. The van der Waals surface area contributed by atoms with Crippen LogP contribution >= 0.6 is 0 Å². The van der Waals surface area contributed by atoms with Crippen LogP contribution in [0.5, 0.6) is 0 Å². The zero-order valence-electron chi connectivity index (χ0n) is 24.3. The van der Waals surface area contributed by atoms with Gasteiger partial charge in [0.2, 0.25) is 5.91 Å². The molecule has 7 heteroatoms. The third-order valence-corrected chi connectivity index (χ3v) is 8.36. The van der Waals surface area contributed by atoms with Crippen molar-refractivity contribution in [2.75, 3.05) is 6.61 Å². The molecule has 0 saturated carbocycles. The van der Waals surface area contributed by atoms with Crippen LogP contribution in [0.15, 0.2) is 121 Å². The predicted molar refractivity (Wildman–Crippen MR) is 162 cm³/mol. The van der Waals surface area contributed by atoms with Gasteiger partial charge in [0.05, 0.1) is 25.3 Å². The highest BCUT2D eigenvalue weighted by atomic mass is 16.7. The maximum atomic E-state index is 14.6. The molecule has 0 N–H and O–H groups in total. The minimum atomic E-state index is -1.11. The quantitative estimate of drug-likeness (QED) is 0.134. The lowest BCUT2D eigenvalue weighted by Crippen LogP contribution is -2.62. The molecular formula is C36H36N2O5. The molecule has 0 radical (unpaired) electrons. The molecule has 0 spiro atoms. The molecule has 0 bridgehead atoms. The highest BCUT2D eigenvalue weighted by molar-refractivity contribution is 6.00. The van der Waals surface area contributed by atoms with Gasteiger partial charge in [-0.05, 0) is 30.0 Å². The number of benzene rings is 4. The fraction of sp³-hybridized carbons (Fsp3) is 0.278. The molecule has 0 aromatic heterocycles. The Morgan fingerprint density at radius 3 is 1.95 bits per heavy atom. The number of hydrogen-bond acceptors (Lipinski definition) is 6. The fourth-order valence-corrected chi connectivity index (χ4v) is 6.13. The molecule has 4 aromatic rings. The lowest BCUT2D eigenvalue weighted by molar-refractivity contribution is -0.230. The molecular weight excluding hydrogens is 540 g/mol. The summed E-state index contributed by atoms with van der Waals surface area (Å²) in [5, 5.41) is 1.81. The van der Waals surface area contributed by atoms with Gasteiger partial charge in [0.25, 0.3) is 0 Å². The second-order valence-corrected chi connectivity index (χ2v) is 11.2. The topological polar surface area (TPSA) is 68.3 Å². The Hall–Kier alpha value is -4.30. The van der Waals surface area contributed by atoms with Crippen molar-refractivity contribution in [3.05, 3.63) is 144 Å². The second kappa shape index (κ2) is 12.9. The van der Waals surface area contributed by atoms with Crippen LogP contribution in [0.1, 0.15) is 35.6 Å². The van der Waals surface area contributed by atoms with Gasteiger partial charge in [0.1, 0.15) is 6.61 Å². The van der Waals surface area contributed by atoms with Crippen molar-refractivity contribution in [3.63, 3.8) is 0 Å². The predicted octanol–water partition coefficient (Wildman–Crippen LogP) is 5.85. The molecule has 4 atom stereocenters. The summed E-state index contributed by atoms with van der Waals surface area (Å²) in [4.78, 5) is 36.7. The summed E-state index contributed by atoms with van der Waals surface area (Å²) in [7, 11) is 0.